The minimum Gasteiger partial charge on any atom is -0.321 e. The van der Waals surface area contributed by atoms with Gasteiger partial charge in [0.1, 0.15) is 11.6 Å². The third-order valence-electron chi connectivity index (χ3n) is 4.59. The molecule has 0 saturated heterocycles. The summed E-state index contributed by atoms with van der Waals surface area (Å²) in [4.78, 5) is 12.6. The predicted octanol–water partition coefficient (Wildman–Crippen LogP) is 5.55. The van der Waals surface area contributed by atoms with Crippen molar-refractivity contribution >= 4 is 40.3 Å². The first-order chi connectivity index (χ1) is 13.4. The molecule has 0 fully saturated rings. The highest BCUT2D eigenvalue weighted by Gasteiger charge is 2.14. The van der Waals surface area contributed by atoms with Crippen LogP contribution < -0.4 is 5.32 Å². The van der Waals surface area contributed by atoms with Crippen LogP contribution >= 0.6 is 22.6 Å². The van der Waals surface area contributed by atoms with Crippen molar-refractivity contribution in [3.63, 3.8) is 0 Å². The molecule has 5 heteroatoms. The number of nitrogens with zero attached hydrogens (tertiary/aromatic N) is 2. The first-order valence-corrected chi connectivity index (χ1v) is 9.92. The molecule has 3 aromatic rings. The topological polar surface area (TPSA) is 57.8 Å². The molecule has 2 aromatic carbocycles. The van der Waals surface area contributed by atoms with E-state index in [0.29, 0.717) is 5.69 Å². The fourth-order valence-corrected chi connectivity index (χ4v) is 3.68. The molecule has 0 aliphatic heterocycles. The van der Waals surface area contributed by atoms with E-state index in [9.17, 15) is 10.1 Å². The van der Waals surface area contributed by atoms with Crippen molar-refractivity contribution in [3.05, 3.63) is 86.3 Å². The van der Waals surface area contributed by atoms with E-state index in [0.717, 1.165) is 31.8 Å². The largest absolute Gasteiger partial charge is 0.321 e. The minimum atomic E-state index is -0.407. The fraction of sp³-hybridized carbons (Fsp3) is 0.130. The van der Waals surface area contributed by atoms with Gasteiger partial charge in [-0.1, -0.05) is 24.3 Å². The SMILES string of the molecule is Cc1ccccc1NC(=O)/C(C#N)=C\c1cc(C)n(-c2cccc(I)c2)c1C. The molecule has 0 aliphatic rings. The van der Waals surface area contributed by atoms with E-state index in [2.05, 4.69) is 38.5 Å². The minimum absolute atomic E-state index is 0.0751. The number of anilines is 1. The number of aryl methyl sites for hydroxylation is 2. The molecule has 0 saturated carbocycles. The average Bonchev–Trinajstić information content (AvgIpc) is 2.94. The Balaban J connectivity index is 1.95. The molecule has 1 heterocycles. The quantitative estimate of drug-likeness (QED) is 0.302. The molecular weight excluding hydrogens is 461 g/mol. The smallest absolute Gasteiger partial charge is 0.266 e. The summed E-state index contributed by atoms with van der Waals surface area (Å²) in [5.74, 6) is -0.407. The molecule has 0 radical (unpaired) electrons. The van der Waals surface area contributed by atoms with Gasteiger partial charge in [0.2, 0.25) is 0 Å². The third-order valence-corrected chi connectivity index (χ3v) is 5.27. The van der Waals surface area contributed by atoms with Gasteiger partial charge in [0.25, 0.3) is 5.91 Å². The predicted molar refractivity (Wildman–Crippen MR) is 121 cm³/mol. The number of para-hydroxylation sites is 1. The Morgan fingerprint density at radius 1 is 1.11 bits per heavy atom. The Labute approximate surface area is 178 Å². The van der Waals surface area contributed by atoms with E-state index < -0.39 is 5.91 Å². The molecule has 0 aliphatic carbocycles. The van der Waals surface area contributed by atoms with Crippen LogP contribution in [0.2, 0.25) is 0 Å². The Morgan fingerprint density at radius 2 is 1.86 bits per heavy atom. The average molecular weight is 481 g/mol. The highest BCUT2D eigenvalue weighted by atomic mass is 127. The van der Waals surface area contributed by atoms with Crippen LogP contribution in [0, 0.1) is 35.7 Å². The molecule has 1 N–H and O–H groups in total. The summed E-state index contributed by atoms with van der Waals surface area (Å²) in [7, 11) is 0. The molecular formula is C23H20IN3O. The van der Waals surface area contributed by atoms with Crippen molar-refractivity contribution in [2.75, 3.05) is 5.32 Å². The van der Waals surface area contributed by atoms with Crippen LogP contribution in [0.15, 0.2) is 60.2 Å². The van der Waals surface area contributed by atoms with Crippen LogP contribution in [0.3, 0.4) is 0 Å². The van der Waals surface area contributed by atoms with Crippen molar-refractivity contribution in [1.82, 2.24) is 4.57 Å². The zero-order chi connectivity index (χ0) is 20.3. The molecule has 0 bridgehead atoms. The molecule has 0 atom stereocenters. The first-order valence-electron chi connectivity index (χ1n) is 8.84. The van der Waals surface area contributed by atoms with Crippen molar-refractivity contribution in [1.29, 1.82) is 5.26 Å². The summed E-state index contributed by atoms with van der Waals surface area (Å²) in [6.45, 7) is 5.93. The van der Waals surface area contributed by atoms with Gasteiger partial charge in [0.15, 0.2) is 0 Å². The fourth-order valence-electron chi connectivity index (χ4n) is 3.15. The maximum Gasteiger partial charge on any atom is 0.266 e. The number of hydrogen-bond acceptors (Lipinski definition) is 2. The number of benzene rings is 2. The van der Waals surface area contributed by atoms with Gasteiger partial charge in [-0.05, 0) is 90.9 Å². The van der Waals surface area contributed by atoms with E-state index in [1.807, 2.05) is 75.4 Å². The number of carbonyl (C=O) groups is 1. The Bertz CT molecular complexity index is 1120. The van der Waals surface area contributed by atoms with Crippen molar-refractivity contribution in [2.24, 2.45) is 0 Å². The van der Waals surface area contributed by atoms with E-state index in [1.165, 1.54) is 0 Å². The second kappa shape index (κ2) is 8.44. The molecule has 1 aromatic heterocycles. The lowest BCUT2D eigenvalue weighted by molar-refractivity contribution is -0.112. The van der Waals surface area contributed by atoms with Gasteiger partial charge in [-0.25, -0.2) is 0 Å². The molecule has 0 spiro atoms. The number of halogens is 1. The second-order valence-electron chi connectivity index (χ2n) is 6.58. The van der Waals surface area contributed by atoms with Gasteiger partial charge in [-0.15, -0.1) is 0 Å². The van der Waals surface area contributed by atoms with E-state index in [-0.39, 0.29) is 5.57 Å². The maximum absolute atomic E-state index is 12.6. The van der Waals surface area contributed by atoms with Gasteiger partial charge in [0, 0.05) is 26.3 Å². The normalized spacial score (nSPS) is 11.2. The Hall–Kier alpha value is -2.85. The summed E-state index contributed by atoms with van der Waals surface area (Å²) in [6.07, 6.45) is 1.65. The Morgan fingerprint density at radius 3 is 2.54 bits per heavy atom. The molecule has 28 heavy (non-hydrogen) atoms. The highest BCUT2D eigenvalue weighted by Crippen LogP contribution is 2.24. The number of aromatic nitrogens is 1. The van der Waals surface area contributed by atoms with E-state index >= 15 is 0 Å². The standard InChI is InChI=1S/C23H20IN3O/c1-15-7-4-5-10-22(15)26-23(28)19(14-25)12-18-11-16(2)27(17(18)3)21-9-6-8-20(24)13-21/h4-13H,1-3H3,(H,26,28)/b19-12-. The number of amides is 1. The van der Waals surface area contributed by atoms with Gasteiger partial charge >= 0.3 is 0 Å². The number of nitrogens with one attached hydrogen (secondary N) is 1. The lowest BCUT2D eigenvalue weighted by atomic mass is 10.1. The lowest BCUT2D eigenvalue weighted by Gasteiger charge is -2.10. The molecule has 0 unspecified atom stereocenters. The lowest BCUT2D eigenvalue weighted by Crippen LogP contribution is -2.14. The van der Waals surface area contributed by atoms with Crippen LogP contribution in [0.1, 0.15) is 22.5 Å². The van der Waals surface area contributed by atoms with Gasteiger partial charge < -0.3 is 9.88 Å². The molecule has 3 rings (SSSR count). The molecule has 4 nitrogen and oxygen atoms in total. The maximum atomic E-state index is 12.6. The summed E-state index contributed by atoms with van der Waals surface area (Å²) in [5, 5.41) is 12.4. The molecule has 1 amide bonds. The monoisotopic (exact) mass is 481 g/mol. The zero-order valence-electron chi connectivity index (χ0n) is 16.0. The van der Waals surface area contributed by atoms with Gasteiger partial charge in [-0.2, -0.15) is 5.26 Å². The van der Waals surface area contributed by atoms with E-state index in [1.54, 1.807) is 6.08 Å². The van der Waals surface area contributed by atoms with Crippen molar-refractivity contribution in [2.45, 2.75) is 20.8 Å². The summed E-state index contributed by atoms with van der Waals surface area (Å²) in [6, 6.07) is 19.7. The van der Waals surface area contributed by atoms with Crippen molar-refractivity contribution < 1.29 is 4.79 Å². The number of nitriles is 1. The number of carbonyl (C=O) groups excluding carboxylic acids is 1. The van der Waals surface area contributed by atoms with Crippen LogP contribution in [0.25, 0.3) is 11.8 Å². The number of rotatable bonds is 4. The second-order valence-corrected chi connectivity index (χ2v) is 7.83. The number of hydrogen-bond donors (Lipinski definition) is 1. The zero-order valence-corrected chi connectivity index (χ0v) is 18.1. The summed E-state index contributed by atoms with van der Waals surface area (Å²) >= 11 is 2.29. The van der Waals surface area contributed by atoms with Crippen LogP contribution in [0.5, 0.6) is 0 Å². The third kappa shape index (κ3) is 4.18. The van der Waals surface area contributed by atoms with Crippen LogP contribution in [-0.4, -0.2) is 10.5 Å². The highest BCUT2D eigenvalue weighted by molar-refractivity contribution is 14.1. The molecule has 140 valence electrons. The van der Waals surface area contributed by atoms with Crippen molar-refractivity contribution in [3.8, 4) is 11.8 Å². The van der Waals surface area contributed by atoms with Gasteiger partial charge in [0.05, 0.1) is 0 Å². The van der Waals surface area contributed by atoms with Crippen LogP contribution in [0.4, 0.5) is 5.69 Å². The van der Waals surface area contributed by atoms with E-state index in [4.69, 9.17) is 0 Å². The first kappa shape index (κ1) is 19.9. The van der Waals surface area contributed by atoms with Gasteiger partial charge in [-0.3, -0.25) is 4.79 Å². The summed E-state index contributed by atoms with van der Waals surface area (Å²) in [5.41, 5.74) is 5.67. The summed E-state index contributed by atoms with van der Waals surface area (Å²) < 4.78 is 3.28. The Kier molecular flexibility index (Phi) is 6.00. The van der Waals surface area contributed by atoms with Crippen LogP contribution in [-0.2, 0) is 4.79 Å².